The van der Waals surface area contributed by atoms with E-state index in [0.717, 1.165) is 32.5 Å². The summed E-state index contributed by atoms with van der Waals surface area (Å²) >= 11 is 0. The highest BCUT2D eigenvalue weighted by Crippen LogP contribution is 2.29. The number of carboxylic acid groups (broad SMARTS) is 1. The minimum Gasteiger partial charge on any atom is -0.508 e. The van der Waals surface area contributed by atoms with E-state index in [4.69, 9.17) is 11.5 Å². The SMILES string of the molecule is C[C@@H]1NC(=O)[C@H](Cc2ccccc2)NC(=O)[C@@H](NC(=O)[C@@H](N)Cc2ccc(O)cc2)CSSC[C@@H](C(=O)O)NC(=O)[C@H](Cc2ccccc2)NC(=O)[C@H]([C@@H](C)O)NC(=O)[C@H](CCCCN)NC(=O)[C@@H]([C@@H](C)c2c[nH]c3ccccc23)NC1=O. The van der Waals surface area contributed by atoms with Gasteiger partial charge in [0.15, 0.2) is 0 Å². The number of carboxylic acids is 1. The summed E-state index contributed by atoms with van der Waals surface area (Å²) in [4.78, 5) is 131. The third-order valence-corrected chi connectivity index (χ3v) is 16.4. The number of aliphatic hydroxyl groups is 1. The average Bonchev–Trinajstić information content (AvgIpc) is 4.04. The lowest BCUT2D eigenvalue weighted by atomic mass is 9.91. The molecule has 1 aromatic heterocycles. The molecule has 5 aromatic rings. The molecule has 0 bridgehead atoms. The number of aliphatic hydroxyl groups excluding tert-OH is 1. The van der Waals surface area contributed by atoms with Gasteiger partial charge in [-0.3, -0.25) is 38.4 Å². The molecule has 1 aliphatic rings. The van der Waals surface area contributed by atoms with Gasteiger partial charge in [-0.2, -0.15) is 0 Å². The molecule has 1 saturated heterocycles. The first-order valence-electron chi connectivity index (χ1n) is 27.2. The van der Waals surface area contributed by atoms with Crippen molar-refractivity contribution >= 4 is 85.7 Å². The van der Waals surface area contributed by atoms with Crippen LogP contribution in [0.25, 0.3) is 10.9 Å². The number of aromatic hydroxyl groups is 1. The Balaban J connectivity index is 1.39. The predicted octanol–water partition coefficient (Wildman–Crippen LogP) is 0.920. The number of aliphatic carboxylic acids is 1. The summed E-state index contributed by atoms with van der Waals surface area (Å²) in [6.45, 7) is 4.54. The van der Waals surface area contributed by atoms with Gasteiger partial charge in [-0.05, 0) is 86.5 Å². The molecule has 0 aliphatic carbocycles. The summed E-state index contributed by atoms with van der Waals surface area (Å²) < 4.78 is 0. The van der Waals surface area contributed by atoms with Gasteiger partial charge < -0.3 is 74.3 Å². The molecule has 1 fully saturated rings. The number of unbranched alkanes of at least 4 members (excludes halogenated alkanes) is 1. The zero-order valence-corrected chi connectivity index (χ0v) is 47.8. The van der Waals surface area contributed by atoms with Crippen LogP contribution >= 0.6 is 21.6 Å². The topological polar surface area (TPSA) is 378 Å². The summed E-state index contributed by atoms with van der Waals surface area (Å²) in [5.41, 5.74) is 15.3. The van der Waals surface area contributed by atoms with Crippen LogP contribution in [0.1, 0.15) is 68.2 Å². The molecule has 8 amide bonds. The number of amides is 8. The fraction of sp³-hybridized carbons (Fsp3) is 0.397. The van der Waals surface area contributed by atoms with Crippen LogP contribution in [0.5, 0.6) is 5.75 Å². The summed E-state index contributed by atoms with van der Waals surface area (Å²) in [6, 6.07) is 17.4. The molecule has 0 unspecified atom stereocenters. The minimum absolute atomic E-state index is 0.000184. The fourth-order valence-electron chi connectivity index (χ4n) is 9.18. The Kier molecular flexibility index (Phi) is 24.3. The van der Waals surface area contributed by atoms with Crippen molar-refractivity contribution in [3.8, 4) is 5.75 Å². The van der Waals surface area contributed by atoms with Crippen molar-refractivity contribution in [2.75, 3.05) is 18.1 Å². The number of benzene rings is 4. The summed E-state index contributed by atoms with van der Waals surface area (Å²) in [5, 5.41) is 53.2. The van der Waals surface area contributed by atoms with Gasteiger partial charge in [0, 0.05) is 47.4 Å². The first-order valence-corrected chi connectivity index (χ1v) is 29.7. The number of carbonyl (C=O) groups excluding carboxylic acids is 8. The number of phenolic OH excluding ortho intramolecular Hbond substituents is 1. The van der Waals surface area contributed by atoms with E-state index in [1.54, 1.807) is 92.0 Å². The predicted molar refractivity (Wildman–Crippen MR) is 315 cm³/mol. The van der Waals surface area contributed by atoms with Gasteiger partial charge >= 0.3 is 5.97 Å². The normalized spacial score (nSPS) is 23.4. The Bertz CT molecular complexity index is 3030. The van der Waals surface area contributed by atoms with Gasteiger partial charge in [-0.25, -0.2) is 4.79 Å². The van der Waals surface area contributed by atoms with E-state index in [-0.39, 0.29) is 49.5 Å². The van der Waals surface area contributed by atoms with Crippen LogP contribution in [-0.2, 0) is 62.4 Å². The van der Waals surface area contributed by atoms with E-state index < -0.39 is 120 Å². The molecule has 4 aromatic carbocycles. The van der Waals surface area contributed by atoms with Crippen LogP contribution in [0.15, 0.2) is 115 Å². The highest BCUT2D eigenvalue weighted by molar-refractivity contribution is 8.76. The largest absolute Gasteiger partial charge is 0.508 e. The van der Waals surface area contributed by atoms with Crippen molar-refractivity contribution < 1.29 is 58.5 Å². The Morgan fingerprint density at radius 1 is 0.627 bits per heavy atom. The maximum Gasteiger partial charge on any atom is 0.327 e. The molecule has 23 nitrogen and oxygen atoms in total. The van der Waals surface area contributed by atoms with Crippen molar-refractivity contribution in [2.24, 2.45) is 11.5 Å². The molecule has 1 aliphatic heterocycles. The molecular weight excluding hydrogens is 1110 g/mol. The van der Waals surface area contributed by atoms with Crippen molar-refractivity contribution in [3.63, 3.8) is 0 Å². The number of fused-ring (bicyclic) bond motifs is 1. The minimum atomic E-state index is -1.73. The van der Waals surface area contributed by atoms with Crippen molar-refractivity contribution in [3.05, 3.63) is 138 Å². The van der Waals surface area contributed by atoms with Crippen LogP contribution in [0, 0.1) is 0 Å². The first kappa shape index (κ1) is 64.2. The maximum atomic E-state index is 14.9. The maximum absolute atomic E-state index is 14.9. The number of para-hydroxylation sites is 1. The third kappa shape index (κ3) is 19.0. The number of aromatic nitrogens is 1. The van der Waals surface area contributed by atoms with E-state index in [1.165, 1.54) is 26.0 Å². The first-order chi connectivity index (χ1) is 39.7. The van der Waals surface area contributed by atoms with E-state index in [9.17, 15) is 58.5 Å². The van der Waals surface area contributed by atoms with Crippen molar-refractivity contribution in [1.29, 1.82) is 0 Å². The van der Waals surface area contributed by atoms with Crippen LogP contribution in [0.2, 0.25) is 0 Å². The lowest BCUT2D eigenvalue weighted by Gasteiger charge is -2.30. The van der Waals surface area contributed by atoms with Crippen LogP contribution in [-0.4, -0.2) is 152 Å². The molecule has 6 rings (SSSR count). The molecule has 25 heteroatoms. The summed E-state index contributed by atoms with van der Waals surface area (Å²) in [7, 11) is 1.88. The molecule has 0 radical (unpaired) electrons. The van der Waals surface area contributed by atoms with Crippen LogP contribution in [0.4, 0.5) is 0 Å². The van der Waals surface area contributed by atoms with E-state index in [2.05, 4.69) is 47.5 Å². The average molecular weight is 1180 g/mol. The monoisotopic (exact) mass is 1180 g/mol. The van der Waals surface area contributed by atoms with Gasteiger partial charge in [0.1, 0.15) is 54.1 Å². The van der Waals surface area contributed by atoms with E-state index in [1.807, 2.05) is 18.2 Å². The molecular formula is C58H73N11O12S2. The second kappa shape index (κ2) is 31.5. The molecule has 2 heterocycles. The number of nitrogens with one attached hydrogen (secondary N) is 9. The standard InChI is InChI=1S/C58H73N11O12S2/c1-32(40-29-61-42-19-11-10-18-39(40)42)48-56(78)63-43(20-12-13-25-59)52(74)69-49(34(3)70)57(79)65-45(28-36-16-8-5-9-17-36)54(76)67-47(58(80)81)31-83-82-30-46(66-51(73)41(60)26-37-21-23-38(71)24-22-37)55(77)64-44(27-35-14-6-4-7-15-35)53(75)62-33(2)50(72)68-48/h4-11,14-19,21-24,29,32-34,41,43-49,61,70-71H,12-13,20,25-28,30-31,59-60H2,1-3H3,(H,62,75)(H,63,78)(H,64,77)(H,65,79)(H,66,73)(H,67,76)(H,68,72)(H,69,74)(H,80,81)/t32-,33-,34+,41-,43-,44-,45-,46-,47-,48+,49-/m0/s1. The third-order valence-electron chi connectivity index (χ3n) is 13.9. The van der Waals surface area contributed by atoms with Crippen LogP contribution < -0.4 is 54.0 Å². The number of phenols is 1. The summed E-state index contributed by atoms with van der Waals surface area (Å²) in [6.07, 6.45) is 0.540. The zero-order valence-electron chi connectivity index (χ0n) is 46.2. The van der Waals surface area contributed by atoms with Crippen molar-refractivity contribution in [1.82, 2.24) is 47.5 Å². The fourth-order valence-corrected chi connectivity index (χ4v) is 11.5. The second-order valence-corrected chi connectivity index (χ2v) is 22.9. The summed E-state index contributed by atoms with van der Waals surface area (Å²) in [5.74, 6) is -9.82. The Morgan fingerprint density at radius 3 is 1.78 bits per heavy atom. The number of hydrogen-bond donors (Lipinski definition) is 14. The van der Waals surface area contributed by atoms with Gasteiger partial charge in [0.25, 0.3) is 0 Å². The lowest BCUT2D eigenvalue weighted by molar-refractivity contribution is -0.141. The number of nitrogens with two attached hydrogens (primary N) is 2. The number of aromatic amines is 1. The lowest BCUT2D eigenvalue weighted by Crippen LogP contribution is -2.62. The highest BCUT2D eigenvalue weighted by Gasteiger charge is 2.38. The second-order valence-electron chi connectivity index (χ2n) is 20.4. The molecule has 0 spiro atoms. The molecule has 444 valence electrons. The number of carbonyl (C=O) groups is 9. The smallest absolute Gasteiger partial charge is 0.327 e. The van der Waals surface area contributed by atoms with Gasteiger partial charge in [-0.1, -0.05) is 120 Å². The molecule has 16 N–H and O–H groups in total. The molecule has 0 saturated carbocycles. The van der Waals surface area contributed by atoms with Gasteiger partial charge in [0.05, 0.1) is 12.1 Å². The number of rotatable bonds is 16. The quantitative estimate of drug-likeness (QED) is 0.0483. The van der Waals surface area contributed by atoms with Crippen LogP contribution in [0.3, 0.4) is 0 Å². The molecule has 83 heavy (non-hydrogen) atoms. The van der Waals surface area contributed by atoms with Crippen molar-refractivity contribution in [2.45, 2.75) is 126 Å². The highest BCUT2D eigenvalue weighted by atomic mass is 33.1. The van der Waals surface area contributed by atoms with Gasteiger partial charge in [0.2, 0.25) is 47.3 Å². The Morgan fingerprint density at radius 2 is 1.17 bits per heavy atom. The zero-order chi connectivity index (χ0) is 60.2. The number of H-pyrrole nitrogens is 1. The van der Waals surface area contributed by atoms with E-state index >= 15 is 0 Å². The van der Waals surface area contributed by atoms with E-state index in [0.29, 0.717) is 35.1 Å². The molecule has 11 atom stereocenters. The Labute approximate surface area is 488 Å². The number of hydrogen-bond acceptors (Lipinski definition) is 15. The Hall–Kier alpha value is -7.97. The van der Waals surface area contributed by atoms with Gasteiger partial charge in [-0.15, -0.1) is 0 Å².